The highest BCUT2D eigenvalue weighted by Gasteiger charge is 2.13. The first kappa shape index (κ1) is 14.6. The van der Waals surface area contributed by atoms with E-state index >= 15 is 0 Å². The summed E-state index contributed by atoms with van der Waals surface area (Å²) in [5, 5.41) is 3.63. The van der Waals surface area contributed by atoms with Crippen molar-refractivity contribution in [3.63, 3.8) is 0 Å². The molecule has 0 aliphatic carbocycles. The molecule has 5 nitrogen and oxygen atoms in total. The summed E-state index contributed by atoms with van der Waals surface area (Å²) in [6.45, 7) is 2.37. The highest BCUT2D eigenvalue weighted by molar-refractivity contribution is 7.84. The van der Waals surface area contributed by atoms with E-state index in [1.807, 2.05) is 6.92 Å². The summed E-state index contributed by atoms with van der Waals surface area (Å²) >= 11 is 0. The smallest absolute Gasteiger partial charge is 0.287 e. The van der Waals surface area contributed by atoms with E-state index in [9.17, 15) is 9.00 Å². The number of amides is 1. The van der Waals surface area contributed by atoms with Crippen LogP contribution in [-0.2, 0) is 10.8 Å². The molecule has 1 aromatic carbocycles. The average molecular weight is 294 g/mol. The Morgan fingerprint density at radius 1 is 1.45 bits per heavy atom. The maximum atomic E-state index is 11.9. The van der Waals surface area contributed by atoms with Gasteiger partial charge in [0.15, 0.2) is 5.76 Å². The van der Waals surface area contributed by atoms with Crippen LogP contribution in [-0.4, -0.2) is 28.2 Å². The SMILES string of the molecule is CC(CCNC(=O)c1cc2cc(N)ccc2o1)S(C)=O. The highest BCUT2D eigenvalue weighted by Crippen LogP contribution is 2.21. The molecule has 0 bridgehead atoms. The number of fused-ring (bicyclic) bond motifs is 1. The molecule has 1 heterocycles. The number of furan rings is 1. The Morgan fingerprint density at radius 2 is 2.20 bits per heavy atom. The van der Waals surface area contributed by atoms with Crippen molar-refractivity contribution in [1.82, 2.24) is 5.32 Å². The Labute approximate surface area is 120 Å². The Bertz CT molecular complexity index is 651. The molecule has 0 fully saturated rings. The normalized spacial score (nSPS) is 14.1. The molecule has 0 radical (unpaired) electrons. The van der Waals surface area contributed by atoms with E-state index in [-0.39, 0.29) is 16.9 Å². The van der Waals surface area contributed by atoms with Crippen LogP contribution < -0.4 is 11.1 Å². The molecule has 2 atom stereocenters. The largest absolute Gasteiger partial charge is 0.451 e. The molecule has 108 valence electrons. The van der Waals surface area contributed by atoms with Gasteiger partial charge >= 0.3 is 0 Å². The van der Waals surface area contributed by atoms with Crippen molar-refractivity contribution in [1.29, 1.82) is 0 Å². The second kappa shape index (κ2) is 6.09. The van der Waals surface area contributed by atoms with Gasteiger partial charge in [0.2, 0.25) is 0 Å². The third-order valence-corrected chi connectivity index (χ3v) is 4.54. The van der Waals surface area contributed by atoms with Crippen molar-refractivity contribution in [3.8, 4) is 0 Å². The molecule has 0 aliphatic rings. The number of hydrogen-bond donors (Lipinski definition) is 2. The van der Waals surface area contributed by atoms with Crippen LogP contribution in [0.1, 0.15) is 23.9 Å². The van der Waals surface area contributed by atoms with E-state index in [1.165, 1.54) is 0 Å². The Kier molecular flexibility index (Phi) is 4.44. The third-order valence-electron chi connectivity index (χ3n) is 3.17. The van der Waals surface area contributed by atoms with E-state index in [1.54, 1.807) is 30.5 Å². The summed E-state index contributed by atoms with van der Waals surface area (Å²) in [5.41, 5.74) is 6.94. The molecule has 1 aromatic heterocycles. The van der Waals surface area contributed by atoms with E-state index in [0.29, 0.717) is 24.2 Å². The van der Waals surface area contributed by atoms with E-state index in [4.69, 9.17) is 10.2 Å². The van der Waals surface area contributed by atoms with E-state index in [0.717, 1.165) is 5.39 Å². The number of rotatable bonds is 5. The van der Waals surface area contributed by atoms with E-state index < -0.39 is 10.8 Å². The molecule has 0 spiro atoms. The zero-order valence-electron chi connectivity index (χ0n) is 11.5. The number of benzene rings is 1. The van der Waals surface area contributed by atoms with Crippen LogP contribution in [0.3, 0.4) is 0 Å². The summed E-state index contributed by atoms with van der Waals surface area (Å²) in [6.07, 6.45) is 2.33. The van der Waals surface area contributed by atoms with Crippen molar-refractivity contribution in [2.45, 2.75) is 18.6 Å². The van der Waals surface area contributed by atoms with Crippen LogP contribution in [0.2, 0.25) is 0 Å². The lowest BCUT2D eigenvalue weighted by atomic mass is 10.2. The third kappa shape index (κ3) is 3.39. The molecule has 20 heavy (non-hydrogen) atoms. The number of carbonyl (C=O) groups excluding carboxylic acids is 1. The zero-order valence-corrected chi connectivity index (χ0v) is 12.3. The number of nitrogen functional groups attached to an aromatic ring is 1. The molecular weight excluding hydrogens is 276 g/mol. The predicted molar refractivity (Wildman–Crippen MR) is 81.1 cm³/mol. The van der Waals surface area contributed by atoms with Crippen LogP contribution in [0.15, 0.2) is 28.7 Å². The molecule has 2 rings (SSSR count). The average Bonchev–Trinajstić information content (AvgIpc) is 2.81. The topological polar surface area (TPSA) is 85.3 Å². The molecule has 1 amide bonds. The van der Waals surface area contributed by atoms with Crippen LogP contribution in [0.25, 0.3) is 11.0 Å². The van der Waals surface area contributed by atoms with Crippen LogP contribution >= 0.6 is 0 Å². The minimum Gasteiger partial charge on any atom is -0.451 e. The second-order valence-corrected chi connectivity index (χ2v) is 6.56. The lowest BCUT2D eigenvalue weighted by Gasteiger charge is -2.08. The first-order valence-corrected chi connectivity index (χ1v) is 7.99. The molecule has 0 aliphatic heterocycles. The number of carbonyl (C=O) groups is 1. The Morgan fingerprint density at radius 3 is 2.90 bits per heavy atom. The maximum Gasteiger partial charge on any atom is 0.287 e. The van der Waals surface area contributed by atoms with Gasteiger partial charge in [0.1, 0.15) is 5.58 Å². The lowest BCUT2D eigenvalue weighted by molar-refractivity contribution is 0.0928. The standard InChI is InChI=1S/C14H18N2O3S/c1-9(20(2)18)5-6-16-14(17)13-8-10-7-11(15)3-4-12(10)19-13/h3-4,7-9H,5-6,15H2,1-2H3,(H,16,17). The number of hydrogen-bond acceptors (Lipinski definition) is 4. The molecule has 0 saturated heterocycles. The quantitative estimate of drug-likeness (QED) is 0.825. The first-order chi connectivity index (χ1) is 9.47. The highest BCUT2D eigenvalue weighted by atomic mass is 32.2. The van der Waals surface area contributed by atoms with Crippen LogP contribution in [0, 0.1) is 0 Å². The molecule has 3 N–H and O–H groups in total. The minimum atomic E-state index is -0.873. The Balaban J connectivity index is 1.99. The fourth-order valence-corrected chi connectivity index (χ4v) is 2.27. The fraction of sp³-hybridized carbons (Fsp3) is 0.357. The van der Waals surface area contributed by atoms with Gasteiger partial charge < -0.3 is 15.5 Å². The molecule has 6 heteroatoms. The van der Waals surface area contributed by atoms with Gasteiger partial charge in [-0.25, -0.2) is 0 Å². The van der Waals surface area contributed by atoms with Crippen molar-refractivity contribution >= 4 is 33.4 Å². The van der Waals surface area contributed by atoms with E-state index in [2.05, 4.69) is 5.32 Å². The van der Waals surface area contributed by atoms with Crippen molar-refractivity contribution < 1.29 is 13.4 Å². The van der Waals surface area contributed by atoms with Gasteiger partial charge in [-0.2, -0.15) is 0 Å². The van der Waals surface area contributed by atoms with Crippen molar-refractivity contribution in [2.75, 3.05) is 18.5 Å². The van der Waals surface area contributed by atoms with Gasteiger partial charge in [-0.05, 0) is 30.7 Å². The van der Waals surface area contributed by atoms with Crippen LogP contribution in [0.4, 0.5) is 5.69 Å². The van der Waals surface area contributed by atoms with Gasteiger partial charge in [-0.1, -0.05) is 6.92 Å². The minimum absolute atomic E-state index is 0.0609. The maximum absolute atomic E-state index is 11.9. The van der Waals surface area contributed by atoms with Crippen molar-refractivity contribution in [2.24, 2.45) is 0 Å². The summed E-state index contributed by atoms with van der Waals surface area (Å²) in [6, 6.07) is 6.90. The zero-order chi connectivity index (χ0) is 14.7. The summed E-state index contributed by atoms with van der Waals surface area (Å²) in [4.78, 5) is 11.9. The van der Waals surface area contributed by atoms with Gasteiger partial charge in [0, 0.05) is 39.9 Å². The molecule has 2 unspecified atom stereocenters. The molecular formula is C14H18N2O3S. The fourth-order valence-electron chi connectivity index (χ4n) is 1.82. The number of nitrogens with one attached hydrogen (secondary N) is 1. The van der Waals surface area contributed by atoms with Crippen molar-refractivity contribution in [3.05, 3.63) is 30.0 Å². The summed E-state index contributed by atoms with van der Waals surface area (Å²) in [7, 11) is -0.873. The predicted octanol–water partition coefficient (Wildman–Crippen LogP) is 1.90. The number of anilines is 1. The van der Waals surface area contributed by atoms with Gasteiger partial charge in [-0.3, -0.25) is 9.00 Å². The number of nitrogens with two attached hydrogens (primary N) is 1. The first-order valence-electron chi connectivity index (χ1n) is 6.37. The van der Waals surface area contributed by atoms with Gasteiger partial charge in [-0.15, -0.1) is 0 Å². The summed E-state index contributed by atoms with van der Waals surface area (Å²) < 4.78 is 16.7. The monoisotopic (exact) mass is 294 g/mol. The molecule has 0 saturated carbocycles. The summed E-state index contributed by atoms with van der Waals surface area (Å²) in [5.74, 6) is -0.00951. The van der Waals surface area contributed by atoms with Gasteiger partial charge in [0.05, 0.1) is 0 Å². The van der Waals surface area contributed by atoms with Gasteiger partial charge in [0.25, 0.3) is 5.91 Å². The second-order valence-electron chi connectivity index (χ2n) is 4.76. The molecule has 2 aromatic rings. The lowest BCUT2D eigenvalue weighted by Crippen LogP contribution is -2.27. The van der Waals surface area contributed by atoms with Crippen LogP contribution in [0.5, 0.6) is 0 Å². The Hall–Kier alpha value is -1.82.